The van der Waals surface area contributed by atoms with Gasteiger partial charge in [-0.15, -0.1) is 0 Å². The first-order chi connectivity index (χ1) is 9.61. The van der Waals surface area contributed by atoms with E-state index in [9.17, 15) is 4.79 Å². The number of hydrogen-bond acceptors (Lipinski definition) is 3. The summed E-state index contributed by atoms with van der Waals surface area (Å²) in [6.45, 7) is 4.85. The third kappa shape index (κ3) is 3.46. The summed E-state index contributed by atoms with van der Waals surface area (Å²) in [6.07, 6.45) is 2.11. The van der Waals surface area contributed by atoms with E-state index in [0.717, 1.165) is 11.9 Å². The molecule has 106 valence electrons. The van der Waals surface area contributed by atoms with Gasteiger partial charge in [0.25, 0.3) is 0 Å². The van der Waals surface area contributed by atoms with Crippen LogP contribution in [0.25, 0.3) is 10.9 Å². The first kappa shape index (κ1) is 14.8. The molecule has 1 heterocycles. The van der Waals surface area contributed by atoms with Gasteiger partial charge in [-0.25, -0.2) is 0 Å². The largest absolute Gasteiger partial charge is 0.324 e. The summed E-state index contributed by atoms with van der Waals surface area (Å²) in [6, 6.07) is 7.42. The van der Waals surface area contributed by atoms with E-state index in [1.165, 1.54) is 0 Å². The monoisotopic (exact) mass is 291 g/mol. The molecule has 0 spiro atoms. The van der Waals surface area contributed by atoms with Gasteiger partial charge in [-0.1, -0.05) is 18.5 Å². The predicted molar refractivity (Wildman–Crippen MR) is 83.1 cm³/mol. The molecule has 0 radical (unpaired) electrons. The van der Waals surface area contributed by atoms with Gasteiger partial charge in [0.1, 0.15) is 0 Å². The minimum atomic E-state index is -0.0345. The van der Waals surface area contributed by atoms with E-state index in [4.69, 9.17) is 11.6 Å². The molecule has 0 aliphatic carbocycles. The lowest BCUT2D eigenvalue weighted by Crippen LogP contribution is -2.30. The van der Waals surface area contributed by atoms with E-state index in [1.807, 2.05) is 26.0 Å². The number of pyridine rings is 1. The molecule has 1 aromatic heterocycles. The van der Waals surface area contributed by atoms with Gasteiger partial charge in [0.2, 0.25) is 5.91 Å². The summed E-state index contributed by atoms with van der Waals surface area (Å²) < 4.78 is 0. The molecule has 0 bridgehead atoms. The SMILES string of the molecule is CCNC(C)CC(=O)Nc1ccc(Cl)c2cccnc12. The van der Waals surface area contributed by atoms with Crippen molar-refractivity contribution in [2.24, 2.45) is 0 Å². The molecule has 2 rings (SSSR count). The van der Waals surface area contributed by atoms with Crippen LogP contribution in [0.5, 0.6) is 0 Å². The average molecular weight is 292 g/mol. The molecule has 2 aromatic rings. The predicted octanol–water partition coefficient (Wildman–Crippen LogP) is 3.21. The molecular weight excluding hydrogens is 274 g/mol. The number of rotatable bonds is 5. The third-order valence-electron chi connectivity index (χ3n) is 3.03. The molecule has 0 saturated carbocycles. The van der Waals surface area contributed by atoms with Crippen molar-refractivity contribution in [2.75, 3.05) is 11.9 Å². The molecule has 1 aromatic carbocycles. The number of carbonyl (C=O) groups excluding carboxylic acids is 1. The van der Waals surface area contributed by atoms with E-state index < -0.39 is 0 Å². The van der Waals surface area contributed by atoms with Crippen LogP contribution in [-0.2, 0) is 4.79 Å². The summed E-state index contributed by atoms with van der Waals surface area (Å²) in [4.78, 5) is 16.3. The molecule has 20 heavy (non-hydrogen) atoms. The number of nitrogens with one attached hydrogen (secondary N) is 2. The van der Waals surface area contributed by atoms with Gasteiger partial charge in [0.05, 0.1) is 16.2 Å². The van der Waals surface area contributed by atoms with Crippen molar-refractivity contribution in [1.29, 1.82) is 0 Å². The number of fused-ring (bicyclic) bond motifs is 1. The lowest BCUT2D eigenvalue weighted by atomic mass is 10.1. The Bertz CT molecular complexity index is 615. The quantitative estimate of drug-likeness (QED) is 0.889. The van der Waals surface area contributed by atoms with Crippen molar-refractivity contribution >= 4 is 34.1 Å². The maximum atomic E-state index is 12.0. The third-order valence-corrected chi connectivity index (χ3v) is 3.36. The molecule has 0 fully saturated rings. The zero-order valence-electron chi connectivity index (χ0n) is 11.6. The first-order valence-corrected chi connectivity index (χ1v) is 7.06. The number of anilines is 1. The van der Waals surface area contributed by atoms with E-state index in [0.29, 0.717) is 22.6 Å². The second kappa shape index (κ2) is 6.68. The van der Waals surface area contributed by atoms with Crippen LogP contribution in [0.15, 0.2) is 30.5 Å². The minimum Gasteiger partial charge on any atom is -0.324 e. The van der Waals surface area contributed by atoms with E-state index >= 15 is 0 Å². The molecular formula is C15H18ClN3O. The van der Waals surface area contributed by atoms with Gasteiger partial charge in [0.15, 0.2) is 0 Å². The lowest BCUT2D eigenvalue weighted by molar-refractivity contribution is -0.116. The Labute approximate surface area is 123 Å². The second-order valence-corrected chi connectivity index (χ2v) is 5.11. The highest BCUT2D eigenvalue weighted by Crippen LogP contribution is 2.27. The fourth-order valence-electron chi connectivity index (χ4n) is 2.14. The average Bonchev–Trinajstić information content (AvgIpc) is 2.42. The Morgan fingerprint density at radius 1 is 1.40 bits per heavy atom. The minimum absolute atomic E-state index is 0.0345. The van der Waals surface area contributed by atoms with E-state index in [-0.39, 0.29) is 11.9 Å². The molecule has 1 unspecified atom stereocenters. The smallest absolute Gasteiger partial charge is 0.225 e. The van der Waals surface area contributed by atoms with Crippen molar-refractivity contribution in [2.45, 2.75) is 26.3 Å². The van der Waals surface area contributed by atoms with Gasteiger partial charge in [0, 0.05) is 24.0 Å². The van der Waals surface area contributed by atoms with Crippen LogP contribution in [0.1, 0.15) is 20.3 Å². The highest BCUT2D eigenvalue weighted by Gasteiger charge is 2.11. The maximum absolute atomic E-state index is 12.0. The van der Waals surface area contributed by atoms with Crippen molar-refractivity contribution in [3.8, 4) is 0 Å². The van der Waals surface area contributed by atoms with Gasteiger partial charge in [-0.05, 0) is 37.7 Å². The summed E-state index contributed by atoms with van der Waals surface area (Å²) in [5, 5.41) is 7.58. The van der Waals surface area contributed by atoms with Crippen LogP contribution in [0.3, 0.4) is 0 Å². The number of nitrogens with zero attached hydrogens (tertiary/aromatic N) is 1. The topological polar surface area (TPSA) is 54.0 Å². The van der Waals surface area contributed by atoms with Crippen LogP contribution in [-0.4, -0.2) is 23.5 Å². The number of halogens is 1. The van der Waals surface area contributed by atoms with E-state index in [2.05, 4.69) is 15.6 Å². The van der Waals surface area contributed by atoms with Gasteiger partial charge in [-0.2, -0.15) is 0 Å². The molecule has 0 aliphatic heterocycles. The Morgan fingerprint density at radius 3 is 2.95 bits per heavy atom. The van der Waals surface area contributed by atoms with Gasteiger partial charge in [-0.3, -0.25) is 9.78 Å². The molecule has 2 N–H and O–H groups in total. The maximum Gasteiger partial charge on any atom is 0.225 e. The van der Waals surface area contributed by atoms with Crippen LogP contribution in [0, 0.1) is 0 Å². The van der Waals surface area contributed by atoms with Crippen LogP contribution < -0.4 is 10.6 Å². The van der Waals surface area contributed by atoms with Crippen LogP contribution >= 0.6 is 11.6 Å². The Morgan fingerprint density at radius 2 is 2.20 bits per heavy atom. The molecule has 5 heteroatoms. The second-order valence-electron chi connectivity index (χ2n) is 4.71. The molecule has 1 amide bonds. The standard InChI is InChI=1S/C15H18ClN3O/c1-3-17-10(2)9-14(20)19-13-7-6-12(16)11-5-4-8-18-15(11)13/h4-8,10,17H,3,9H2,1-2H3,(H,19,20). The summed E-state index contributed by atoms with van der Waals surface area (Å²) in [7, 11) is 0. The molecule has 4 nitrogen and oxygen atoms in total. The summed E-state index contributed by atoms with van der Waals surface area (Å²) in [5.41, 5.74) is 1.41. The van der Waals surface area contributed by atoms with Crippen LogP contribution in [0.4, 0.5) is 5.69 Å². The van der Waals surface area contributed by atoms with Gasteiger partial charge >= 0.3 is 0 Å². The summed E-state index contributed by atoms with van der Waals surface area (Å²) >= 11 is 6.13. The van der Waals surface area contributed by atoms with Crippen LogP contribution in [0.2, 0.25) is 5.02 Å². The number of benzene rings is 1. The highest BCUT2D eigenvalue weighted by atomic mass is 35.5. The zero-order valence-corrected chi connectivity index (χ0v) is 12.4. The normalized spacial score (nSPS) is 12.3. The molecule has 0 saturated heterocycles. The number of carbonyl (C=O) groups is 1. The lowest BCUT2D eigenvalue weighted by Gasteiger charge is -2.13. The summed E-state index contributed by atoms with van der Waals surface area (Å²) in [5.74, 6) is -0.0345. The Hall–Kier alpha value is -1.65. The fourth-order valence-corrected chi connectivity index (χ4v) is 2.35. The number of aromatic nitrogens is 1. The van der Waals surface area contributed by atoms with Crippen molar-refractivity contribution in [3.05, 3.63) is 35.5 Å². The van der Waals surface area contributed by atoms with Crippen molar-refractivity contribution < 1.29 is 4.79 Å². The first-order valence-electron chi connectivity index (χ1n) is 6.68. The van der Waals surface area contributed by atoms with Crippen molar-refractivity contribution in [3.63, 3.8) is 0 Å². The molecule has 1 atom stereocenters. The highest BCUT2D eigenvalue weighted by molar-refractivity contribution is 6.35. The van der Waals surface area contributed by atoms with Gasteiger partial charge < -0.3 is 10.6 Å². The number of amides is 1. The Balaban J connectivity index is 2.18. The fraction of sp³-hybridized carbons (Fsp3) is 0.333. The number of hydrogen-bond donors (Lipinski definition) is 2. The van der Waals surface area contributed by atoms with Crippen molar-refractivity contribution in [1.82, 2.24) is 10.3 Å². The van der Waals surface area contributed by atoms with E-state index in [1.54, 1.807) is 18.3 Å². The Kier molecular flexibility index (Phi) is 4.93. The molecule has 0 aliphatic rings. The zero-order chi connectivity index (χ0) is 14.5.